The van der Waals surface area contributed by atoms with Crippen molar-refractivity contribution < 1.29 is 19.2 Å². The van der Waals surface area contributed by atoms with E-state index in [1.54, 1.807) is 17.9 Å². The molecule has 0 atom stereocenters. The second-order valence-corrected chi connectivity index (χ2v) is 5.12. The maximum atomic E-state index is 11.9. The average Bonchev–Trinajstić information content (AvgIpc) is 2.82. The predicted octanol–water partition coefficient (Wildman–Crippen LogP) is 1.38. The van der Waals surface area contributed by atoms with E-state index < -0.39 is 5.97 Å². The van der Waals surface area contributed by atoms with Gasteiger partial charge in [0.1, 0.15) is 11.5 Å². The van der Waals surface area contributed by atoms with Gasteiger partial charge in [0.25, 0.3) is 0 Å². The second kappa shape index (κ2) is 6.40. The van der Waals surface area contributed by atoms with E-state index in [1.807, 2.05) is 0 Å². The maximum Gasteiger partial charge on any atom is 0.317 e. The van der Waals surface area contributed by atoms with E-state index >= 15 is 0 Å². The Morgan fingerprint density at radius 1 is 1.50 bits per heavy atom. The van der Waals surface area contributed by atoms with Crippen molar-refractivity contribution in [3.8, 4) is 0 Å². The summed E-state index contributed by atoms with van der Waals surface area (Å²) < 4.78 is 4.92. The minimum Gasteiger partial charge on any atom is -0.481 e. The molecular formula is C13H19N3O4. The van der Waals surface area contributed by atoms with Crippen molar-refractivity contribution in [1.29, 1.82) is 0 Å². The van der Waals surface area contributed by atoms with Crippen LogP contribution in [0.1, 0.15) is 30.7 Å². The Balaban J connectivity index is 1.73. The highest BCUT2D eigenvalue weighted by atomic mass is 16.5. The number of aryl methyl sites for hydroxylation is 1. The smallest absolute Gasteiger partial charge is 0.317 e. The van der Waals surface area contributed by atoms with Gasteiger partial charge in [0.15, 0.2) is 0 Å². The van der Waals surface area contributed by atoms with Crippen molar-refractivity contribution in [1.82, 2.24) is 15.4 Å². The van der Waals surface area contributed by atoms with Crippen LogP contribution in [0.3, 0.4) is 0 Å². The summed E-state index contributed by atoms with van der Waals surface area (Å²) in [7, 11) is 0. The number of carboxylic acid groups (broad SMARTS) is 1. The zero-order chi connectivity index (χ0) is 14.5. The normalized spacial score (nSPS) is 16.1. The van der Waals surface area contributed by atoms with Crippen molar-refractivity contribution in [2.45, 2.75) is 32.7 Å². The maximum absolute atomic E-state index is 11.9. The molecule has 2 heterocycles. The molecule has 1 aliphatic heterocycles. The SMILES string of the molecule is Cc1cc(CNC(=O)N2CCC(CC(=O)O)CC2)no1. The lowest BCUT2D eigenvalue weighted by Gasteiger charge is -2.31. The Morgan fingerprint density at radius 3 is 2.75 bits per heavy atom. The van der Waals surface area contributed by atoms with Crippen LogP contribution in [0.2, 0.25) is 0 Å². The predicted molar refractivity (Wildman–Crippen MR) is 70.0 cm³/mol. The summed E-state index contributed by atoms with van der Waals surface area (Å²) in [5, 5.41) is 15.3. The van der Waals surface area contributed by atoms with Gasteiger partial charge in [0, 0.05) is 25.6 Å². The zero-order valence-corrected chi connectivity index (χ0v) is 11.5. The molecule has 1 fully saturated rings. The fourth-order valence-electron chi connectivity index (χ4n) is 2.37. The van der Waals surface area contributed by atoms with Crippen LogP contribution in [0.15, 0.2) is 10.6 Å². The molecule has 110 valence electrons. The number of carboxylic acids is 1. The van der Waals surface area contributed by atoms with Crippen molar-refractivity contribution in [2.24, 2.45) is 5.92 Å². The molecule has 20 heavy (non-hydrogen) atoms. The number of aliphatic carboxylic acids is 1. The third-order valence-corrected chi connectivity index (χ3v) is 3.46. The molecule has 2 N–H and O–H groups in total. The van der Waals surface area contributed by atoms with E-state index in [-0.39, 0.29) is 18.4 Å². The minimum absolute atomic E-state index is 0.139. The summed E-state index contributed by atoms with van der Waals surface area (Å²) in [6.07, 6.45) is 1.67. The monoisotopic (exact) mass is 281 g/mol. The third kappa shape index (κ3) is 3.97. The highest BCUT2D eigenvalue weighted by molar-refractivity contribution is 5.74. The van der Waals surface area contributed by atoms with Gasteiger partial charge in [-0.05, 0) is 25.7 Å². The number of urea groups is 1. The summed E-state index contributed by atoms with van der Waals surface area (Å²) in [5.74, 6) is 0.118. The number of hydrogen-bond donors (Lipinski definition) is 2. The van der Waals surface area contributed by atoms with Crippen molar-refractivity contribution in [3.63, 3.8) is 0 Å². The molecule has 0 aliphatic carbocycles. The van der Waals surface area contributed by atoms with Crippen molar-refractivity contribution in [3.05, 3.63) is 17.5 Å². The molecule has 1 aromatic heterocycles. The van der Waals surface area contributed by atoms with Gasteiger partial charge in [0.2, 0.25) is 0 Å². The Labute approximate surface area is 116 Å². The minimum atomic E-state index is -0.769. The van der Waals surface area contributed by atoms with Gasteiger partial charge in [-0.3, -0.25) is 4.79 Å². The zero-order valence-electron chi connectivity index (χ0n) is 11.5. The fourth-order valence-corrected chi connectivity index (χ4v) is 2.37. The topological polar surface area (TPSA) is 95.7 Å². The Bertz CT molecular complexity index is 478. The van der Waals surface area contributed by atoms with Gasteiger partial charge < -0.3 is 19.8 Å². The number of rotatable bonds is 4. The van der Waals surface area contributed by atoms with Crippen LogP contribution in [-0.4, -0.2) is 40.3 Å². The number of nitrogens with one attached hydrogen (secondary N) is 1. The molecule has 0 aromatic carbocycles. The summed E-state index contributed by atoms with van der Waals surface area (Å²) in [6.45, 7) is 3.33. The van der Waals surface area contributed by atoms with Crippen molar-refractivity contribution in [2.75, 3.05) is 13.1 Å². The summed E-state index contributed by atoms with van der Waals surface area (Å²) >= 11 is 0. The molecular weight excluding hydrogens is 262 g/mol. The van der Waals surface area contributed by atoms with Crippen LogP contribution < -0.4 is 5.32 Å². The number of aromatic nitrogens is 1. The largest absolute Gasteiger partial charge is 0.481 e. The molecule has 7 heteroatoms. The Kier molecular flexibility index (Phi) is 4.60. The van der Waals surface area contributed by atoms with E-state index in [9.17, 15) is 9.59 Å². The third-order valence-electron chi connectivity index (χ3n) is 3.46. The molecule has 1 aliphatic rings. The lowest BCUT2D eigenvalue weighted by atomic mass is 9.94. The van der Waals surface area contributed by atoms with Gasteiger partial charge in [0.05, 0.1) is 6.54 Å². The molecule has 0 saturated carbocycles. The number of carbonyl (C=O) groups excluding carboxylic acids is 1. The molecule has 1 saturated heterocycles. The first-order valence-electron chi connectivity index (χ1n) is 6.71. The van der Waals surface area contributed by atoms with Crippen LogP contribution in [0, 0.1) is 12.8 Å². The van der Waals surface area contributed by atoms with Crippen LogP contribution >= 0.6 is 0 Å². The van der Waals surface area contributed by atoms with E-state index in [0.29, 0.717) is 31.1 Å². The fraction of sp³-hybridized carbons (Fsp3) is 0.615. The molecule has 2 amide bonds. The van der Waals surface area contributed by atoms with Crippen LogP contribution in [0.5, 0.6) is 0 Å². The number of piperidine rings is 1. The first kappa shape index (κ1) is 14.4. The van der Waals surface area contributed by atoms with Gasteiger partial charge in [-0.15, -0.1) is 0 Å². The van der Waals surface area contributed by atoms with Gasteiger partial charge in [-0.1, -0.05) is 5.16 Å². The molecule has 2 rings (SSSR count). The molecule has 0 unspecified atom stereocenters. The molecule has 1 aromatic rings. The number of carbonyl (C=O) groups is 2. The molecule has 7 nitrogen and oxygen atoms in total. The molecule has 0 bridgehead atoms. The highest BCUT2D eigenvalue weighted by Crippen LogP contribution is 2.20. The van der Waals surface area contributed by atoms with E-state index in [4.69, 9.17) is 9.63 Å². The molecule has 0 spiro atoms. The van der Waals surface area contributed by atoms with Crippen LogP contribution in [0.25, 0.3) is 0 Å². The van der Waals surface area contributed by atoms with E-state index in [0.717, 1.165) is 12.8 Å². The highest BCUT2D eigenvalue weighted by Gasteiger charge is 2.24. The quantitative estimate of drug-likeness (QED) is 0.869. The van der Waals surface area contributed by atoms with Gasteiger partial charge in [-0.25, -0.2) is 4.79 Å². The van der Waals surface area contributed by atoms with Crippen LogP contribution in [-0.2, 0) is 11.3 Å². The first-order chi connectivity index (χ1) is 9.54. The van der Waals surface area contributed by atoms with E-state index in [1.165, 1.54) is 0 Å². The standard InChI is InChI=1S/C13H19N3O4/c1-9-6-11(15-20-9)8-14-13(19)16-4-2-10(3-5-16)7-12(17)18/h6,10H,2-5,7-8H2,1H3,(H,14,19)(H,17,18). The Morgan fingerprint density at radius 2 is 2.20 bits per heavy atom. The number of nitrogens with zero attached hydrogens (tertiary/aromatic N) is 2. The van der Waals surface area contributed by atoms with Gasteiger partial charge in [-0.2, -0.15) is 0 Å². The number of hydrogen-bond acceptors (Lipinski definition) is 4. The second-order valence-electron chi connectivity index (χ2n) is 5.12. The summed E-state index contributed by atoms with van der Waals surface area (Å²) in [4.78, 5) is 24.3. The average molecular weight is 281 g/mol. The van der Waals surface area contributed by atoms with Crippen LogP contribution in [0.4, 0.5) is 4.79 Å². The van der Waals surface area contributed by atoms with E-state index in [2.05, 4.69) is 10.5 Å². The Hall–Kier alpha value is -2.05. The lowest BCUT2D eigenvalue weighted by molar-refractivity contribution is -0.138. The number of likely N-dealkylation sites (tertiary alicyclic amines) is 1. The van der Waals surface area contributed by atoms with Gasteiger partial charge >= 0.3 is 12.0 Å². The van der Waals surface area contributed by atoms with Crippen molar-refractivity contribution >= 4 is 12.0 Å². The first-order valence-corrected chi connectivity index (χ1v) is 6.71. The lowest BCUT2D eigenvalue weighted by Crippen LogP contribution is -2.44. The summed E-state index contributed by atoms with van der Waals surface area (Å²) in [5.41, 5.74) is 0.691. The molecule has 0 radical (unpaired) electrons. The summed E-state index contributed by atoms with van der Waals surface area (Å²) in [6, 6.07) is 1.64. The number of amides is 2.